The van der Waals surface area contributed by atoms with Crippen molar-refractivity contribution >= 4 is 17.6 Å². The monoisotopic (exact) mass is 330 g/mol. The van der Waals surface area contributed by atoms with Crippen LogP contribution in [0.4, 0.5) is 5.69 Å². The van der Waals surface area contributed by atoms with E-state index in [9.17, 15) is 24.9 Å². The molecule has 0 aliphatic carbocycles. The summed E-state index contributed by atoms with van der Waals surface area (Å²) in [6.45, 7) is 0. The molecule has 0 aliphatic rings. The van der Waals surface area contributed by atoms with Gasteiger partial charge in [0.1, 0.15) is 17.1 Å². The number of carbonyl (C=O) groups is 2. The smallest absolute Gasteiger partial charge is 0.339 e. The Morgan fingerprint density at radius 2 is 1.67 bits per heavy atom. The number of hydrogen-bond donors (Lipinski definition) is 4. The Morgan fingerprint density at radius 3 is 2.25 bits per heavy atom. The van der Waals surface area contributed by atoms with Crippen LogP contribution in [0, 0.1) is 0 Å². The molecule has 8 heteroatoms. The summed E-state index contributed by atoms with van der Waals surface area (Å²) in [6.07, 6.45) is 0.0585. The van der Waals surface area contributed by atoms with Gasteiger partial charge in [-0.15, -0.1) is 0 Å². The molecule has 0 spiro atoms. The van der Waals surface area contributed by atoms with Gasteiger partial charge in [-0.2, -0.15) is 10.2 Å². The highest BCUT2D eigenvalue weighted by Crippen LogP contribution is 2.24. The average Bonchev–Trinajstić information content (AvgIpc) is 2.54. The number of phenolic OH excluding ortho intramolecular Hbond substituents is 1. The van der Waals surface area contributed by atoms with Crippen LogP contribution in [-0.4, -0.2) is 38.4 Å². The summed E-state index contributed by atoms with van der Waals surface area (Å²) in [5.74, 6) is -2.87. The highest BCUT2D eigenvalue weighted by Gasteiger charge is 2.17. The van der Waals surface area contributed by atoms with E-state index in [0.29, 0.717) is 5.56 Å². The zero-order valence-electron chi connectivity index (χ0n) is 12.3. The van der Waals surface area contributed by atoms with Gasteiger partial charge in [0.15, 0.2) is 6.04 Å². The Bertz CT molecular complexity index is 786. The van der Waals surface area contributed by atoms with Gasteiger partial charge in [0, 0.05) is 6.42 Å². The molecule has 0 fully saturated rings. The lowest BCUT2D eigenvalue weighted by molar-refractivity contribution is -0.138. The third-order valence-corrected chi connectivity index (χ3v) is 3.17. The van der Waals surface area contributed by atoms with Crippen molar-refractivity contribution in [1.82, 2.24) is 0 Å². The first-order chi connectivity index (χ1) is 11.4. The van der Waals surface area contributed by atoms with Crippen molar-refractivity contribution in [1.29, 1.82) is 0 Å². The van der Waals surface area contributed by atoms with Gasteiger partial charge in [-0.05, 0) is 35.9 Å². The van der Waals surface area contributed by atoms with Gasteiger partial charge in [0.25, 0.3) is 0 Å². The van der Waals surface area contributed by atoms with E-state index < -0.39 is 23.7 Å². The molecule has 24 heavy (non-hydrogen) atoms. The van der Waals surface area contributed by atoms with Gasteiger partial charge in [0.2, 0.25) is 0 Å². The van der Waals surface area contributed by atoms with Crippen LogP contribution in [0.5, 0.6) is 11.5 Å². The van der Waals surface area contributed by atoms with Crippen molar-refractivity contribution in [2.75, 3.05) is 0 Å². The van der Waals surface area contributed by atoms with Gasteiger partial charge < -0.3 is 20.4 Å². The summed E-state index contributed by atoms with van der Waals surface area (Å²) in [7, 11) is 0. The zero-order chi connectivity index (χ0) is 17.7. The molecule has 2 aromatic rings. The second-order valence-electron chi connectivity index (χ2n) is 4.95. The number of aliphatic carboxylic acids is 1. The summed E-state index contributed by atoms with van der Waals surface area (Å²) in [5.41, 5.74) is 0.412. The number of aromatic hydroxyl groups is 2. The topological polar surface area (TPSA) is 140 Å². The molecule has 4 N–H and O–H groups in total. The summed E-state index contributed by atoms with van der Waals surface area (Å²) in [6, 6.07) is 8.42. The number of hydrogen-bond acceptors (Lipinski definition) is 6. The lowest BCUT2D eigenvalue weighted by Gasteiger charge is -2.07. The van der Waals surface area contributed by atoms with E-state index in [1.165, 1.54) is 18.2 Å². The Hall–Kier alpha value is -3.42. The van der Waals surface area contributed by atoms with Gasteiger partial charge in [-0.25, -0.2) is 9.59 Å². The molecule has 2 rings (SSSR count). The highest BCUT2D eigenvalue weighted by molar-refractivity contribution is 5.91. The Kier molecular flexibility index (Phi) is 5.10. The van der Waals surface area contributed by atoms with Crippen LogP contribution in [0.3, 0.4) is 0 Å². The number of aromatic carboxylic acids is 1. The molecule has 0 radical (unpaired) electrons. The lowest BCUT2D eigenvalue weighted by atomic mass is 10.1. The van der Waals surface area contributed by atoms with Crippen LogP contribution in [0.15, 0.2) is 52.7 Å². The molecule has 2 aromatic carbocycles. The molecule has 0 amide bonds. The molecule has 8 nitrogen and oxygen atoms in total. The van der Waals surface area contributed by atoms with Crippen LogP contribution in [-0.2, 0) is 11.2 Å². The fourth-order valence-corrected chi connectivity index (χ4v) is 1.93. The number of rotatable bonds is 6. The number of carboxylic acid groups (broad SMARTS) is 2. The molecule has 0 heterocycles. The number of nitrogens with zero attached hydrogens (tertiary/aromatic N) is 2. The fourth-order valence-electron chi connectivity index (χ4n) is 1.93. The normalized spacial score (nSPS) is 12.2. The van der Waals surface area contributed by atoms with Crippen molar-refractivity contribution in [2.45, 2.75) is 12.5 Å². The van der Waals surface area contributed by atoms with Gasteiger partial charge in [0.05, 0.1) is 5.69 Å². The third-order valence-electron chi connectivity index (χ3n) is 3.17. The van der Waals surface area contributed by atoms with E-state index in [0.717, 1.165) is 12.1 Å². The average molecular weight is 330 g/mol. The van der Waals surface area contributed by atoms with Crippen molar-refractivity contribution < 1.29 is 30.0 Å². The predicted molar refractivity (Wildman–Crippen MR) is 82.8 cm³/mol. The Labute approximate surface area is 136 Å². The van der Waals surface area contributed by atoms with Gasteiger partial charge >= 0.3 is 11.9 Å². The molecule has 124 valence electrons. The summed E-state index contributed by atoms with van der Waals surface area (Å²) >= 11 is 0. The van der Waals surface area contributed by atoms with E-state index in [1.807, 2.05) is 0 Å². The molecule has 0 saturated heterocycles. The van der Waals surface area contributed by atoms with Crippen LogP contribution in [0.2, 0.25) is 0 Å². The molecular weight excluding hydrogens is 316 g/mol. The second kappa shape index (κ2) is 7.23. The highest BCUT2D eigenvalue weighted by atomic mass is 16.4. The maximum absolute atomic E-state index is 11.3. The largest absolute Gasteiger partial charge is 0.508 e. The minimum Gasteiger partial charge on any atom is -0.508 e. The quantitative estimate of drug-likeness (QED) is 0.600. The van der Waals surface area contributed by atoms with Crippen LogP contribution in [0.1, 0.15) is 15.9 Å². The molecule has 0 aliphatic heterocycles. The van der Waals surface area contributed by atoms with Crippen molar-refractivity contribution in [3.05, 3.63) is 53.6 Å². The molecule has 0 bridgehead atoms. The van der Waals surface area contributed by atoms with Crippen molar-refractivity contribution in [3.8, 4) is 11.5 Å². The number of phenols is 2. The SMILES string of the molecule is O=C(O)c1cc(N=NC(Cc2ccc(O)cc2)C(=O)O)ccc1O. The van der Waals surface area contributed by atoms with Crippen LogP contribution < -0.4 is 0 Å². The zero-order valence-corrected chi connectivity index (χ0v) is 12.3. The summed E-state index contributed by atoms with van der Waals surface area (Å²) in [4.78, 5) is 22.2. The van der Waals surface area contributed by atoms with Crippen LogP contribution in [0.25, 0.3) is 0 Å². The number of carboxylic acids is 2. The molecule has 1 atom stereocenters. The first kappa shape index (κ1) is 16.9. The van der Waals surface area contributed by atoms with E-state index in [4.69, 9.17) is 5.11 Å². The van der Waals surface area contributed by atoms with Crippen molar-refractivity contribution in [3.63, 3.8) is 0 Å². The Balaban J connectivity index is 2.19. The Morgan fingerprint density at radius 1 is 1.00 bits per heavy atom. The van der Waals surface area contributed by atoms with Crippen LogP contribution >= 0.6 is 0 Å². The first-order valence-electron chi connectivity index (χ1n) is 6.84. The van der Waals surface area contributed by atoms with Crippen molar-refractivity contribution in [2.24, 2.45) is 10.2 Å². The number of azo groups is 1. The first-order valence-corrected chi connectivity index (χ1v) is 6.84. The molecule has 0 aromatic heterocycles. The standard InChI is InChI=1S/C16H14N2O6/c19-11-4-1-9(2-5-11)7-13(16(23)24)18-17-10-3-6-14(20)12(8-10)15(21)22/h1-6,8,13,19-20H,7H2,(H,21,22)(H,23,24). The molecule has 0 saturated carbocycles. The minimum absolute atomic E-state index is 0.0585. The maximum Gasteiger partial charge on any atom is 0.339 e. The summed E-state index contributed by atoms with van der Waals surface area (Å²) < 4.78 is 0. The van der Waals surface area contributed by atoms with E-state index in [1.54, 1.807) is 12.1 Å². The second-order valence-corrected chi connectivity index (χ2v) is 4.95. The number of benzene rings is 2. The third kappa shape index (κ3) is 4.29. The maximum atomic E-state index is 11.3. The van der Waals surface area contributed by atoms with E-state index >= 15 is 0 Å². The fraction of sp³-hybridized carbons (Fsp3) is 0.125. The van der Waals surface area contributed by atoms with Gasteiger partial charge in [-0.3, -0.25) is 0 Å². The molecule has 1 unspecified atom stereocenters. The molecular formula is C16H14N2O6. The van der Waals surface area contributed by atoms with Gasteiger partial charge in [-0.1, -0.05) is 12.1 Å². The lowest BCUT2D eigenvalue weighted by Crippen LogP contribution is -2.20. The van der Waals surface area contributed by atoms with E-state index in [-0.39, 0.29) is 23.4 Å². The van der Waals surface area contributed by atoms with E-state index in [2.05, 4.69) is 10.2 Å². The summed E-state index contributed by atoms with van der Waals surface area (Å²) in [5, 5.41) is 44.3. The minimum atomic E-state index is -1.33. The predicted octanol–water partition coefficient (Wildman–Crippen LogP) is 2.58.